The molecule has 0 bridgehead atoms. The summed E-state index contributed by atoms with van der Waals surface area (Å²) in [6.45, 7) is 27.1. The van der Waals surface area contributed by atoms with Crippen LogP contribution in [0.3, 0.4) is 0 Å². The van der Waals surface area contributed by atoms with Gasteiger partial charge >= 0.3 is 23.9 Å². The molecule has 2 heterocycles. The maximum absolute atomic E-state index is 13.1. The average molecular weight is 787 g/mol. The van der Waals surface area contributed by atoms with E-state index in [-0.39, 0.29) is 37.5 Å². The van der Waals surface area contributed by atoms with Gasteiger partial charge in [-0.05, 0) is 101 Å². The highest BCUT2D eigenvalue weighted by atomic mass is 16.6. The fraction of sp³-hybridized carbons (Fsp3) is 0.700. The zero-order valence-corrected chi connectivity index (χ0v) is 35.8. The van der Waals surface area contributed by atoms with Crippen LogP contribution in [0.2, 0.25) is 0 Å². The molecule has 0 unspecified atom stereocenters. The Hall–Kier alpha value is -4.12. The maximum atomic E-state index is 13.1. The second kappa shape index (κ2) is 19.8. The van der Waals surface area contributed by atoms with E-state index in [2.05, 4.69) is 20.3 Å². The molecule has 0 atom stereocenters. The van der Waals surface area contributed by atoms with Gasteiger partial charge in [0.2, 0.25) is 0 Å². The Labute approximate surface area is 333 Å². The Morgan fingerprint density at radius 1 is 0.607 bits per heavy atom. The van der Waals surface area contributed by atoms with E-state index in [1.165, 1.54) is 12.7 Å². The largest absolute Gasteiger partial charge is 0.488 e. The van der Waals surface area contributed by atoms with E-state index in [0.29, 0.717) is 70.3 Å². The summed E-state index contributed by atoms with van der Waals surface area (Å²) in [5.74, 6) is -0.359. The lowest BCUT2D eigenvalue weighted by atomic mass is 10.1. The van der Waals surface area contributed by atoms with Gasteiger partial charge in [0, 0.05) is 70.2 Å². The van der Waals surface area contributed by atoms with Gasteiger partial charge in [0.1, 0.15) is 40.8 Å². The van der Waals surface area contributed by atoms with Crippen LogP contribution >= 0.6 is 0 Å². The molecule has 1 amide bonds. The molecule has 56 heavy (non-hydrogen) atoms. The number of rotatable bonds is 10. The van der Waals surface area contributed by atoms with Gasteiger partial charge in [0.25, 0.3) is 0 Å². The second-order valence-corrected chi connectivity index (χ2v) is 18.2. The first-order valence-corrected chi connectivity index (χ1v) is 19.4. The summed E-state index contributed by atoms with van der Waals surface area (Å²) in [5.41, 5.74) is -1.04. The number of nitrogens with zero attached hydrogens (tertiary/aromatic N) is 7. The molecule has 3 rings (SSSR count). The van der Waals surface area contributed by atoms with Crippen molar-refractivity contribution in [2.45, 2.75) is 112 Å². The van der Waals surface area contributed by atoms with Crippen LogP contribution in [0.1, 0.15) is 88.6 Å². The van der Waals surface area contributed by atoms with Gasteiger partial charge in [0.15, 0.2) is 0 Å². The van der Waals surface area contributed by atoms with Gasteiger partial charge < -0.3 is 24.3 Å². The zero-order valence-electron chi connectivity index (χ0n) is 35.8. The average Bonchev–Trinajstić information content (AvgIpc) is 3.55. The molecule has 1 saturated heterocycles. The van der Waals surface area contributed by atoms with E-state index in [1.54, 1.807) is 6.07 Å². The molecule has 1 aromatic heterocycles. The Morgan fingerprint density at radius 2 is 1.02 bits per heavy atom. The number of hydrogen-bond acceptors (Lipinski definition) is 14. The van der Waals surface area contributed by atoms with E-state index < -0.39 is 28.4 Å². The molecule has 2 aromatic rings. The standard InChI is InChI=1S/C40H66N8O8/c1-37(2,3)53-32-14-13-31(43-36(52)48-29-41-28-42-48)23-30(32)24-44-15-17-45(25-33(49)54-38(4,5)6)19-21-47(27-35(51)56-40(10,11)12)22-20-46(18-16-44)26-34(50)55-39(7,8)9/h13-14,23,28-29H,15-22,24-27H2,1-12H3,(H,43,52). The van der Waals surface area contributed by atoms with Crippen molar-refractivity contribution in [3.8, 4) is 5.75 Å². The van der Waals surface area contributed by atoms with E-state index in [9.17, 15) is 19.2 Å². The Kier molecular flexibility index (Phi) is 16.4. The van der Waals surface area contributed by atoms with Gasteiger partial charge in [-0.3, -0.25) is 34.0 Å². The summed E-state index contributed by atoms with van der Waals surface area (Å²) in [6, 6.07) is 5.05. The first-order chi connectivity index (χ1) is 25.8. The molecule has 0 spiro atoms. The van der Waals surface area contributed by atoms with Crippen molar-refractivity contribution in [1.29, 1.82) is 0 Å². The molecule has 1 fully saturated rings. The third-order valence-electron chi connectivity index (χ3n) is 8.00. The molecule has 1 aliphatic rings. The summed E-state index contributed by atoms with van der Waals surface area (Å²) < 4.78 is 24.6. The Bertz CT molecular complexity index is 1540. The van der Waals surface area contributed by atoms with Gasteiger partial charge in [-0.1, -0.05) is 0 Å². The van der Waals surface area contributed by atoms with Crippen molar-refractivity contribution in [2.24, 2.45) is 0 Å². The fourth-order valence-electron chi connectivity index (χ4n) is 5.83. The monoisotopic (exact) mass is 787 g/mol. The highest BCUT2D eigenvalue weighted by Gasteiger charge is 2.26. The number of benzene rings is 1. The summed E-state index contributed by atoms with van der Waals surface area (Å²) >= 11 is 0. The molecule has 314 valence electrons. The number of hydrogen-bond donors (Lipinski definition) is 1. The molecule has 1 N–H and O–H groups in total. The molecule has 16 heteroatoms. The van der Waals surface area contributed by atoms with Gasteiger partial charge in [-0.15, -0.1) is 0 Å². The summed E-state index contributed by atoms with van der Waals surface area (Å²) in [4.78, 5) is 64.4. The molecule has 1 aromatic carbocycles. The van der Waals surface area contributed by atoms with Gasteiger partial charge in [-0.25, -0.2) is 9.78 Å². The minimum atomic E-state index is -0.645. The van der Waals surface area contributed by atoms with Gasteiger partial charge in [-0.2, -0.15) is 9.78 Å². The number of ether oxygens (including phenoxy) is 4. The smallest absolute Gasteiger partial charge is 0.348 e. The van der Waals surface area contributed by atoms with Crippen molar-refractivity contribution in [3.05, 3.63) is 36.4 Å². The van der Waals surface area contributed by atoms with Crippen LogP contribution in [0.5, 0.6) is 5.75 Å². The van der Waals surface area contributed by atoms with Crippen molar-refractivity contribution >= 4 is 29.6 Å². The lowest BCUT2D eigenvalue weighted by molar-refractivity contribution is -0.158. The lowest BCUT2D eigenvalue weighted by Gasteiger charge is -2.34. The second-order valence-electron chi connectivity index (χ2n) is 18.2. The Balaban J connectivity index is 1.97. The van der Waals surface area contributed by atoms with Crippen molar-refractivity contribution in [1.82, 2.24) is 34.4 Å². The van der Waals surface area contributed by atoms with Crippen LogP contribution < -0.4 is 10.1 Å². The molecular weight excluding hydrogens is 720 g/mol. The quantitative estimate of drug-likeness (QED) is 0.269. The van der Waals surface area contributed by atoms with Crippen molar-refractivity contribution in [2.75, 3.05) is 77.3 Å². The predicted octanol–water partition coefficient (Wildman–Crippen LogP) is 4.28. The normalized spacial score (nSPS) is 16.6. The minimum absolute atomic E-state index is 0.0598. The number of amides is 1. The van der Waals surface area contributed by atoms with E-state index in [0.717, 1.165) is 10.2 Å². The number of anilines is 1. The molecule has 0 aliphatic carbocycles. The number of esters is 3. The first-order valence-electron chi connectivity index (χ1n) is 19.4. The molecule has 16 nitrogen and oxygen atoms in total. The lowest BCUT2D eigenvalue weighted by Crippen LogP contribution is -2.49. The highest BCUT2D eigenvalue weighted by molar-refractivity contribution is 5.90. The molecular formula is C40H66N8O8. The molecule has 1 aliphatic heterocycles. The highest BCUT2D eigenvalue weighted by Crippen LogP contribution is 2.28. The number of carbonyl (C=O) groups excluding carboxylic acids is 4. The van der Waals surface area contributed by atoms with Crippen LogP contribution in [0.25, 0.3) is 0 Å². The van der Waals surface area contributed by atoms with Crippen LogP contribution in [-0.2, 0) is 35.1 Å². The summed E-state index contributed by atoms with van der Waals surface area (Å²) in [5, 5.41) is 6.81. The molecule has 0 saturated carbocycles. The summed E-state index contributed by atoms with van der Waals surface area (Å²) in [6.07, 6.45) is 2.62. The number of carbonyl (C=O) groups is 4. The Morgan fingerprint density at radius 3 is 1.38 bits per heavy atom. The van der Waals surface area contributed by atoms with E-state index >= 15 is 0 Å². The predicted molar refractivity (Wildman–Crippen MR) is 213 cm³/mol. The van der Waals surface area contributed by atoms with Gasteiger partial charge in [0.05, 0.1) is 19.6 Å². The topological polar surface area (TPSA) is 161 Å². The van der Waals surface area contributed by atoms with E-state index in [4.69, 9.17) is 18.9 Å². The zero-order chi connectivity index (χ0) is 41.9. The minimum Gasteiger partial charge on any atom is -0.488 e. The maximum Gasteiger partial charge on any atom is 0.348 e. The SMILES string of the molecule is CC(C)(C)OC(=O)CN1CCN(CC(=O)OC(C)(C)C)CCN(Cc2cc(NC(=O)n3cncn3)ccc2OC(C)(C)C)CCN(CC(=O)OC(C)(C)C)CC1. The summed E-state index contributed by atoms with van der Waals surface area (Å²) in [7, 11) is 0. The number of nitrogens with one attached hydrogen (secondary N) is 1. The van der Waals surface area contributed by atoms with Crippen LogP contribution in [-0.4, -0.2) is 153 Å². The van der Waals surface area contributed by atoms with Crippen LogP contribution in [0, 0.1) is 0 Å². The molecule has 0 radical (unpaired) electrons. The van der Waals surface area contributed by atoms with Crippen molar-refractivity contribution in [3.63, 3.8) is 0 Å². The van der Waals surface area contributed by atoms with Crippen LogP contribution in [0.15, 0.2) is 30.9 Å². The first kappa shape index (κ1) is 46.3. The van der Waals surface area contributed by atoms with Crippen molar-refractivity contribution < 1.29 is 38.1 Å². The van der Waals surface area contributed by atoms with Crippen LogP contribution in [0.4, 0.5) is 10.5 Å². The third kappa shape index (κ3) is 18.7. The fourth-order valence-corrected chi connectivity index (χ4v) is 5.83. The van der Waals surface area contributed by atoms with E-state index in [1.807, 2.05) is 110 Å². The third-order valence-corrected chi connectivity index (χ3v) is 8.00. The number of aromatic nitrogens is 3.